The van der Waals surface area contributed by atoms with Crippen LogP contribution in [0, 0.1) is 0 Å². The van der Waals surface area contributed by atoms with E-state index in [0.717, 1.165) is 5.56 Å². The standard InChI is InChI=1S/C13H12F4O3/c14-12(15)13(16,17)7-19-6-10(18)9-3-1-2-8-4-5-20-11(8)9/h1-3,12H,4-7H2. The Labute approximate surface area is 112 Å². The lowest BCUT2D eigenvalue weighted by atomic mass is 10.1. The fourth-order valence-electron chi connectivity index (χ4n) is 1.86. The fraction of sp³-hybridized carbons (Fsp3) is 0.462. The average molecular weight is 292 g/mol. The van der Waals surface area contributed by atoms with Crippen LogP contribution >= 0.6 is 0 Å². The van der Waals surface area contributed by atoms with E-state index in [4.69, 9.17) is 4.74 Å². The lowest BCUT2D eigenvalue weighted by Crippen LogP contribution is -2.33. The van der Waals surface area contributed by atoms with Crippen LogP contribution in [0.2, 0.25) is 0 Å². The zero-order valence-corrected chi connectivity index (χ0v) is 10.4. The van der Waals surface area contributed by atoms with Crippen molar-refractivity contribution in [3.63, 3.8) is 0 Å². The number of hydrogen-bond acceptors (Lipinski definition) is 3. The number of ketones is 1. The molecule has 0 N–H and O–H groups in total. The molecule has 20 heavy (non-hydrogen) atoms. The number of carbonyl (C=O) groups is 1. The molecule has 7 heteroatoms. The van der Waals surface area contributed by atoms with Gasteiger partial charge in [-0.05, 0) is 11.6 Å². The largest absolute Gasteiger partial charge is 0.492 e. The second-order valence-electron chi connectivity index (χ2n) is 4.37. The molecule has 1 aliphatic rings. The zero-order valence-electron chi connectivity index (χ0n) is 10.4. The van der Waals surface area contributed by atoms with Gasteiger partial charge in [-0.25, -0.2) is 8.78 Å². The van der Waals surface area contributed by atoms with Gasteiger partial charge in [-0.2, -0.15) is 8.78 Å². The zero-order chi connectivity index (χ0) is 14.8. The quantitative estimate of drug-likeness (QED) is 0.597. The number of Topliss-reactive ketones (excluding diaryl/α,β-unsaturated/α-hetero) is 1. The van der Waals surface area contributed by atoms with Crippen LogP contribution in [0.25, 0.3) is 0 Å². The van der Waals surface area contributed by atoms with Crippen molar-refractivity contribution in [2.75, 3.05) is 19.8 Å². The van der Waals surface area contributed by atoms with Crippen LogP contribution in [0.5, 0.6) is 5.75 Å². The highest BCUT2D eigenvalue weighted by Gasteiger charge is 2.41. The Bertz CT molecular complexity index is 502. The Balaban J connectivity index is 1.95. The highest BCUT2D eigenvalue weighted by molar-refractivity contribution is 6.00. The van der Waals surface area contributed by atoms with Crippen molar-refractivity contribution in [2.24, 2.45) is 0 Å². The molecule has 0 aliphatic carbocycles. The molecular weight excluding hydrogens is 280 g/mol. The highest BCUT2D eigenvalue weighted by atomic mass is 19.3. The predicted octanol–water partition coefficient (Wildman–Crippen LogP) is 2.72. The van der Waals surface area contributed by atoms with E-state index in [-0.39, 0.29) is 5.56 Å². The molecular formula is C13H12F4O3. The van der Waals surface area contributed by atoms with Crippen LogP contribution in [0.1, 0.15) is 15.9 Å². The molecule has 110 valence electrons. The molecule has 3 nitrogen and oxygen atoms in total. The van der Waals surface area contributed by atoms with Crippen molar-refractivity contribution >= 4 is 5.78 Å². The van der Waals surface area contributed by atoms with Gasteiger partial charge in [-0.15, -0.1) is 0 Å². The van der Waals surface area contributed by atoms with E-state index in [1.54, 1.807) is 12.1 Å². The molecule has 1 heterocycles. The van der Waals surface area contributed by atoms with Crippen LogP contribution < -0.4 is 4.74 Å². The molecule has 2 rings (SSSR count). The van der Waals surface area contributed by atoms with Gasteiger partial charge in [0.05, 0.1) is 12.2 Å². The first-order valence-electron chi connectivity index (χ1n) is 5.93. The Hall–Kier alpha value is -1.63. The first kappa shape index (κ1) is 14.8. The summed E-state index contributed by atoms with van der Waals surface area (Å²) < 4.78 is 58.7. The summed E-state index contributed by atoms with van der Waals surface area (Å²) in [5, 5.41) is 0. The maximum atomic E-state index is 12.6. The van der Waals surface area contributed by atoms with Gasteiger partial charge in [0.25, 0.3) is 0 Å². The topological polar surface area (TPSA) is 35.5 Å². The molecule has 0 bridgehead atoms. The first-order valence-corrected chi connectivity index (χ1v) is 5.93. The first-order chi connectivity index (χ1) is 9.42. The van der Waals surface area contributed by atoms with E-state index in [1.807, 2.05) is 0 Å². The predicted molar refractivity (Wildman–Crippen MR) is 61.7 cm³/mol. The van der Waals surface area contributed by atoms with Crippen LogP contribution in [0.4, 0.5) is 17.6 Å². The Morgan fingerprint density at radius 1 is 1.40 bits per heavy atom. The number of alkyl halides is 4. The average Bonchev–Trinajstić information content (AvgIpc) is 2.86. The van der Waals surface area contributed by atoms with Crippen molar-refractivity contribution in [3.8, 4) is 5.75 Å². The summed E-state index contributed by atoms with van der Waals surface area (Å²) in [6.07, 6.45) is -3.15. The summed E-state index contributed by atoms with van der Waals surface area (Å²) in [6, 6.07) is 4.93. The van der Waals surface area contributed by atoms with E-state index in [0.29, 0.717) is 18.8 Å². The van der Waals surface area contributed by atoms with Gasteiger partial charge < -0.3 is 9.47 Å². The van der Waals surface area contributed by atoms with Gasteiger partial charge >= 0.3 is 12.3 Å². The summed E-state index contributed by atoms with van der Waals surface area (Å²) in [4.78, 5) is 11.8. The third-order valence-corrected chi connectivity index (χ3v) is 2.86. The van der Waals surface area contributed by atoms with E-state index in [9.17, 15) is 22.4 Å². The molecule has 1 aromatic carbocycles. The lowest BCUT2D eigenvalue weighted by Gasteiger charge is -2.15. The molecule has 0 saturated heterocycles. The Morgan fingerprint density at radius 3 is 2.85 bits per heavy atom. The van der Waals surface area contributed by atoms with Gasteiger partial charge in [0.15, 0.2) is 5.78 Å². The minimum Gasteiger partial charge on any atom is -0.492 e. The van der Waals surface area contributed by atoms with Crippen molar-refractivity contribution in [1.82, 2.24) is 0 Å². The monoisotopic (exact) mass is 292 g/mol. The lowest BCUT2D eigenvalue weighted by molar-refractivity contribution is -0.163. The van der Waals surface area contributed by atoms with Gasteiger partial charge in [-0.1, -0.05) is 12.1 Å². The SMILES string of the molecule is O=C(COCC(F)(F)C(F)F)c1cccc2c1OCC2. The molecule has 0 radical (unpaired) electrons. The molecule has 1 aromatic rings. The third-order valence-electron chi connectivity index (χ3n) is 2.86. The smallest absolute Gasteiger partial charge is 0.330 e. The van der Waals surface area contributed by atoms with Crippen LogP contribution in [-0.4, -0.2) is 38.0 Å². The molecule has 0 fully saturated rings. The molecule has 1 aliphatic heterocycles. The Morgan fingerprint density at radius 2 is 2.15 bits per heavy atom. The number of rotatable bonds is 6. The van der Waals surface area contributed by atoms with Gasteiger partial charge in [0, 0.05) is 6.42 Å². The van der Waals surface area contributed by atoms with Gasteiger partial charge in [0.2, 0.25) is 0 Å². The van der Waals surface area contributed by atoms with Gasteiger partial charge in [0.1, 0.15) is 19.0 Å². The maximum absolute atomic E-state index is 12.6. The molecule has 0 aromatic heterocycles. The summed E-state index contributed by atoms with van der Waals surface area (Å²) in [5.74, 6) is -4.41. The van der Waals surface area contributed by atoms with E-state index < -0.39 is 31.3 Å². The number of fused-ring (bicyclic) bond motifs is 1. The van der Waals surface area contributed by atoms with E-state index in [2.05, 4.69) is 4.74 Å². The van der Waals surface area contributed by atoms with Crippen molar-refractivity contribution in [1.29, 1.82) is 0 Å². The summed E-state index contributed by atoms with van der Waals surface area (Å²) in [5.41, 5.74) is 1.08. The molecule has 0 spiro atoms. The van der Waals surface area contributed by atoms with Crippen LogP contribution in [0.3, 0.4) is 0 Å². The van der Waals surface area contributed by atoms with Crippen LogP contribution in [-0.2, 0) is 11.2 Å². The fourth-order valence-corrected chi connectivity index (χ4v) is 1.86. The highest BCUT2D eigenvalue weighted by Crippen LogP contribution is 2.30. The van der Waals surface area contributed by atoms with Gasteiger partial charge in [-0.3, -0.25) is 4.79 Å². The van der Waals surface area contributed by atoms with Crippen molar-refractivity contribution in [3.05, 3.63) is 29.3 Å². The number of para-hydroxylation sites is 1. The minimum absolute atomic E-state index is 0.223. The minimum atomic E-state index is -4.25. The third kappa shape index (κ3) is 3.09. The van der Waals surface area contributed by atoms with E-state index >= 15 is 0 Å². The molecule has 0 amide bonds. The number of hydrogen-bond donors (Lipinski definition) is 0. The van der Waals surface area contributed by atoms with Crippen LogP contribution in [0.15, 0.2) is 18.2 Å². The van der Waals surface area contributed by atoms with Crippen molar-refractivity contribution in [2.45, 2.75) is 18.8 Å². The number of ether oxygens (including phenoxy) is 2. The molecule has 0 unspecified atom stereocenters. The van der Waals surface area contributed by atoms with E-state index in [1.165, 1.54) is 6.07 Å². The number of benzene rings is 1. The second-order valence-corrected chi connectivity index (χ2v) is 4.37. The summed E-state index contributed by atoms with van der Waals surface area (Å²) >= 11 is 0. The normalized spacial score (nSPS) is 14.2. The number of carbonyl (C=O) groups excluding carboxylic acids is 1. The van der Waals surface area contributed by atoms with Crippen molar-refractivity contribution < 1.29 is 31.8 Å². The molecule has 0 atom stereocenters. The number of halogens is 4. The molecule has 0 saturated carbocycles. The maximum Gasteiger partial charge on any atom is 0.330 e. The Kier molecular flexibility index (Phi) is 4.27. The summed E-state index contributed by atoms with van der Waals surface area (Å²) in [7, 11) is 0. The second kappa shape index (κ2) is 5.78. The summed E-state index contributed by atoms with van der Waals surface area (Å²) in [6.45, 7) is -1.74.